The third-order valence-electron chi connectivity index (χ3n) is 4.61. The molecule has 31 heavy (non-hydrogen) atoms. The van der Waals surface area contributed by atoms with Gasteiger partial charge in [-0.15, -0.1) is 0 Å². The van der Waals surface area contributed by atoms with E-state index in [1.54, 1.807) is 18.2 Å². The lowest BCUT2D eigenvalue weighted by Gasteiger charge is -2.13. The third-order valence-corrected chi connectivity index (χ3v) is 5.97. The molecular formula is C21H26N4O5S. The third kappa shape index (κ3) is 5.96. The predicted molar refractivity (Wildman–Crippen MR) is 119 cm³/mol. The smallest absolute Gasteiger partial charge is 0.323 e. The number of ether oxygens (including phenoxy) is 1. The summed E-state index contributed by atoms with van der Waals surface area (Å²) in [5, 5.41) is 2.79. The van der Waals surface area contributed by atoms with Gasteiger partial charge in [-0.1, -0.05) is 25.5 Å². The Morgan fingerprint density at radius 3 is 2.58 bits per heavy atom. The monoisotopic (exact) mass is 446 g/mol. The molecule has 0 aliphatic heterocycles. The summed E-state index contributed by atoms with van der Waals surface area (Å²) in [6.45, 7) is 3.77. The van der Waals surface area contributed by atoms with E-state index >= 15 is 0 Å². The standard InChI is InChI=1S/C21H26N4O5S/c1-2-3-12-30-13-6-11-22-20(26)16-7-4-5-8-17(16)25-31(28,29)15-9-10-18-19(14-15)24-21(27)23-18/h4-5,7-10,14,25H,2-3,6,11-13H2,1H3,(H,22,26)(H2,23,24,27). The van der Waals surface area contributed by atoms with Gasteiger partial charge in [0.15, 0.2) is 0 Å². The predicted octanol–water partition coefficient (Wildman–Crippen LogP) is 2.59. The van der Waals surface area contributed by atoms with Crippen molar-refractivity contribution in [3.63, 3.8) is 0 Å². The first-order chi connectivity index (χ1) is 14.9. The van der Waals surface area contributed by atoms with Crippen molar-refractivity contribution in [2.45, 2.75) is 31.1 Å². The molecule has 3 rings (SSSR count). The van der Waals surface area contributed by atoms with E-state index < -0.39 is 15.7 Å². The number of para-hydroxylation sites is 1. The van der Waals surface area contributed by atoms with Crippen molar-refractivity contribution in [2.24, 2.45) is 0 Å². The Morgan fingerprint density at radius 1 is 1.03 bits per heavy atom. The number of sulfonamides is 1. The molecule has 3 aromatic rings. The summed E-state index contributed by atoms with van der Waals surface area (Å²) >= 11 is 0. The molecule has 166 valence electrons. The molecular weight excluding hydrogens is 420 g/mol. The lowest BCUT2D eigenvalue weighted by atomic mass is 10.1. The highest BCUT2D eigenvalue weighted by molar-refractivity contribution is 7.92. The molecule has 0 saturated carbocycles. The molecule has 0 atom stereocenters. The first kappa shape index (κ1) is 22.6. The van der Waals surface area contributed by atoms with Crippen LogP contribution >= 0.6 is 0 Å². The van der Waals surface area contributed by atoms with Crippen LogP contribution in [-0.2, 0) is 14.8 Å². The second-order valence-electron chi connectivity index (χ2n) is 7.01. The Morgan fingerprint density at radius 2 is 1.77 bits per heavy atom. The molecule has 0 aliphatic carbocycles. The number of unbranched alkanes of at least 4 members (excludes halogenated alkanes) is 1. The number of benzene rings is 2. The minimum atomic E-state index is -3.98. The number of hydrogen-bond acceptors (Lipinski definition) is 5. The van der Waals surface area contributed by atoms with Crippen molar-refractivity contribution in [1.82, 2.24) is 15.3 Å². The zero-order valence-electron chi connectivity index (χ0n) is 17.2. The van der Waals surface area contributed by atoms with Crippen LogP contribution in [0.1, 0.15) is 36.5 Å². The van der Waals surface area contributed by atoms with Crippen LogP contribution < -0.4 is 15.7 Å². The first-order valence-corrected chi connectivity index (χ1v) is 11.6. The Balaban J connectivity index is 1.67. The van der Waals surface area contributed by atoms with Gasteiger partial charge in [-0.05, 0) is 43.2 Å². The van der Waals surface area contributed by atoms with Gasteiger partial charge in [0, 0.05) is 19.8 Å². The van der Waals surface area contributed by atoms with Crippen LogP contribution in [-0.4, -0.2) is 44.1 Å². The Bertz CT molecular complexity index is 1200. The number of rotatable bonds is 11. The van der Waals surface area contributed by atoms with E-state index in [9.17, 15) is 18.0 Å². The number of hydrogen-bond donors (Lipinski definition) is 4. The zero-order chi connectivity index (χ0) is 22.3. The maximum atomic E-state index is 12.9. The summed E-state index contributed by atoms with van der Waals surface area (Å²) in [7, 11) is -3.98. The lowest BCUT2D eigenvalue weighted by Crippen LogP contribution is -2.27. The van der Waals surface area contributed by atoms with Crippen LogP contribution in [0.25, 0.3) is 11.0 Å². The number of nitrogens with one attached hydrogen (secondary N) is 4. The topological polar surface area (TPSA) is 133 Å². The van der Waals surface area contributed by atoms with Gasteiger partial charge in [0.1, 0.15) is 0 Å². The lowest BCUT2D eigenvalue weighted by molar-refractivity contribution is 0.0941. The van der Waals surface area contributed by atoms with Crippen molar-refractivity contribution in [3.05, 3.63) is 58.5 Å². The van der Waals surface area contributed by atoms with E-state index in [-0.39, 0.29) is 22.1 Å². The molecule has 2 aromatic carbocycles. The van der Waals surface area contributed by atoms with E-state index in [0.29, 0.717) is 37.2 Å². The minimum absolute atomic E-state index is 0.0327. The molecule has 1 heterocycles. The van der Waals surface area contributed by atoms with Gasteiger partial charge in [0.25, 0.3) is 15.9 Å². The first-order valence-electron chi connectivity index (χ1n) is 10.1. The fraction of sp³-hybridized carbons (Fsp3) is 0.333. The van der Waals surface area contributed by atoms with Gasteiger partial charge in [-0.3, -0.25) is 9.52 Å². The van der Waals surface area contributed by atoms with E-state index in [1.807, 2.05) is 0 Å². The molecule has 0 fully saturated rings. The zero-order valence-corrected chi connectivity index (χ0v) is 18.1. The number of fused-ring (bicyclic) bond motifs is 1. The summed E-state index contributed by atoms with van der Waals surface area (Å²) in [4.78, 5) is 29.0. The van der Waals surface area contributed by atoms with Gasteiger partial charge in [0.2, 0.25) is 0 Å². The Kier molecular flexibility index (Phi) is 7.48. The van der Waals surface area contributed by atoms with Crippen LogP contribution in [0.4, 0.5) is 5.69 Å². The molecule has 9 nitrogen and oxygen atoms in total. The van der Waals surface area contributed by atoms with Crippen LogP contribution in [0.3, 0.4) is 0 Å². The molecule has 0 unspecified atom stereocenters. The summed E-state index contributed by atoms with van der Waals surface area (Å²) in [5.74, 6) is -0.378. The van der Waals surface area contributed by atoms with Crippen molar-refractivity contribution >= 4 is 32.7 Å². The van der Waals surface area contributed by atoms with Crippen LogP contribution in [0.2, 0.25) is 0 Å². The molecule has 0 aliphatic rings. The fourth-order valence-electron chi connectivity index (χ4n) is 2.97. The number of carbonyl (C=O) groups excluding carboxylic acids is 1. The van der Waals surface area contributed by atoms with E-state index in [0.717, 1.165) is 12.8 Å². The summed E-state index contributed by atoms with van der Waals surface area (Å²) in [5.41, 5.74) is 0.841. The molecule has 0 radical (unpaired) electrons. The average molecular weight is 447 g/mol. The maximum absolute atomic E-state index is 12.9. The highest BCUT2D eigenvalue weighted by Gasteiger charge is 2.19. The largest absolute Gasteiger partial charge is 0.381 e. The fourth-order valence-corrected chi connectivity index (χ4v) is 4.08. The molecule has 0 spiro atoms. The molecule has 0 bridgehead atoms. The molecule has 10 heteroatoms. The normalized spacial score (nSPS) is 11.5. The quantitative estimate of drug-likeness (QED) is 0.336. The summed E-state index contributed by atoms with van der Waals surface area (Å²) in [6.07, 6.45) is 2.74. The molecule has 4 N–H and O–H groups in total. The van der Waals surface area contributed by atoms with E-state index in [4.69, 9.17) is 4.74 Å². The van der Waals surface area contributed by atoms with Crippen molar-refractivity contribution in [2.75, 3.05) is 24.5 Å². The number of imidazole rings is 1. The highest BCUT2D eigenvalue weighted by Crippen LogP contribution is 2.22. The van der Waals surface area contributed by atoms with Crippen molar-refractivity contribution < 1.29 is 17.9 Å². The van der Waals surface area contributed by atoms with Gasteiger partial charge in [0.05, 0.1) is 27.2 Å². The average Bonchev–Trinajstić information content (AvgIpc) is 3.12. The van der Waals surface area contributed by atoms with Crippen molar-refractivity contribution in [1.29, 1.82) is 0 Å². The number of anilines is 1. The SMILES string of the molecule is CCCCOCCCNC(=O)c1ccccc1NS(=O)(=O)c1ccc2[nH]c(=O)[nH]c2c1. The van der Waals surface area contributed by atoms with E-state index in [1.165, 1.54) is 24.3 Å². The Labute approximate surface area is 180 Å². The van der Waals surface area contributed by atoms with Crippen LogP contribution in [0.5, 0.6) is 0 Å². The molecule has 1 amide bonds. The number of aromatic amines is 2. The van der Waals surface area contributed by atoms with Gasteiger partial charge in [-0.2, -0.15) is 0 Å². The van der Waals surface area contributed by atoms with Gasteiger partial charge in [-0.25, -0.2) is 13.2 Å². The van der Waals surface area contributed by atoms with Crippen LogP contribution in [0.15, 0.2) is 52.2 Å². The van der Waals surface area contributed by atoms with Crippen molar-refractivity contribution in [3.8, 4) is 0 Å². The van der Waals surface area contributed by atoms with E-state index in [2.05, 4.69) is 26.9 Å². The number of carbonyl (C=O) groups is 1. The number of H-pyrrole nitrogens is 2. The Hall–Kier alpha value is -3.11. The highest BCUT2D eigenvalue weighted by atomic mass is 32.2. The summed E-state index contributed by atoms with van der Waals surface area (Å²) < 4.78 is 33.6. The second-order valence-corrected chi connectivity index (χ2v) is 8.70. The number of amides is 1. The van der Waals surface area contributed by atoms with Crippen LogP contribution in [0, 0.1) is 0 Å². The summed E-state index contributed by atoms with van der Waals surface area (Å²) in [6, 6.07) is 10.6. The maximum Gasteiger partial charge on any atom is 0.323 e. The number of aromatic nitrogens is 2. The second kappa shape index (κ2) is 10.3. The molecule has 0 saturated heterocycles. The molecule has 1 aromatic heterocycles. The van der Waals surface area contributed by atoms with Gasteiger partial charge < -0.3 is 20.0 Å². The minimum Gasteiger partial charge on any atom is -0.381 e. The van der Waals surface area contributed by atoms with Gasteiger partial charge >= 0.3 is 5.69 Å².